The third kappa shape index (κ3) is 3.39. The van der Waals surface area contributed by atoms with E-state index >= 15 is 0 Å². The first-order valence-corrected chi connectivity index (χ1v) is 8.13. The fourth-order valence-corrected chi connectivity index (χ4v) is 3.27. The lowest BCUT2D eigenvalue weighted by molar-refractivity contribution is 0.252. The lowest BCUT2D eigenvalue weighted by Gasteiger charge is -2.21. The topological polar surface area (TPSA) is 15.3 Å². The average molecular weight is 336 g/mol. The second kappa shape index (κ2) is 6.62. The largest absolute Gasteiger partial charge is 0.332 e. The molecule has 0 unspecified atom stereocenters. The molecule has 0 saturated heterocycles. The molecule has 0 bridgehead atoms. The molecule has 0 atom stereocenters. The van der Waals surface area contributed by atoms with Crippen LogP contribution in [-0.2, 0) is 6.42 Å². The molecule has 0 saturated carbocycles. The number of halogens is 2. The molecule has 0 amide bonds. The highest BCUT2D eigenvalue weighted by atomic mass is 32.2. The van der Waals surface area contributed by atoms with E-state index in [4.69, 9.17) is 12.2 Å². The van der Waals surface area contributed by atoms with Crippen LogP contribution in [0.5, 0.6) is 0 Å². The smallest absolute Gasteiger partial charge is 0.288 e. The third-order valence-corrected chi connectivity index (χ3v) is 4.51. The number of thiocarbonyl (C=S) groups is 1. The van der Waals surface area contributed by atoms with Crippen LogP contribution in [0.4, 0.5) is 20.2 Å². The fourth-order valence-electron chi connectivity index (χ4n) is 2.46. The van der Waals surface area contributed by atoms with Gasteiger partial charge in [0.25, 0.3) is 5.76 Å². The second-order valence-corrected chi connectivity index (χ2v) is 6.31. The lowest BCUT2D eigenvalue weighted by atomic mass is 10.2. The van der Waals surface area contributed by atoms with Gasteiger partial charge in [0.2, 0.25) is 0 Å². The Kier molecular flexibility index (Phi) is 4.59. The van der Waals surface area contributed by atoms with Crippen molar-refractivity contribution in [3.63, 3.8) is 0 Å². The van der Waals surface area contributed by atoms with E-state index in [0.29, 0.717) is 21.8 Å². The quantitative estimate of drug-likeness (QED) is 0.642. The zero-order valence-electron chi connectivity index (χ0n) is 11.6. The molecular formula is C16H14F2N2S2. The first kappa shape index (κ1) is 15.2. The van der Waals surface area contributed by atoms with Crippen LogP contribution in [0.25, 0.3) is 0 Å². The Morgan fingerprint density at radius 3 is 2.59 bits per heavy atom. The van der Waals surface area contributed by atoms with E-state index in [1.54, 1.807) is 24.3 Å². The van der Waals surface area contributed by atoms with Crippen LogP contribution in [0.1, 0.15) is 5.56 Å². The van der Waals surface area contributed by atoms with Gasteiger partial charge in [0.05, 0.1) is 0 Å². The van der Waals surface area contributed by atoms with E-state index in [1.165, 1.54) is 5.56 Å². The van der Waals surface area contributed by atoms with Crippen molar-refractivity contribution in [1.82, 2.24) is 0 Å². The Bertz CT molecular complexity index is 674. The fraction of sp³-hybridized carbons (Fsp3) is 0.188. The van der Waals surface area contributed by atoms with E-state index < -0.39 is 5.76 Å². The summed E-state index contributed by atoms with van der Waals surface area (Å²) in [5, 5.41) is 3.79. The minimum Gasteiger partial charge on any atom is -0.332 e. The van der Waals surface area contributed by atoms with Crippen molar-refractivity contribution in [3.8, 4) is 0 Å². The summed E-state index contributed by atoms with van der Waals surface area (Å²) in [5.74, 6) is -2.40. The highest BCUT2D eigenvalue weighted by Gasteiger charge is 2.21. The Hall–Kier alpha value is -1.66. The molecule has 0 fully saturated rings. The Balaban J connectivity index is 1.68. The molecule has 22 heavy (non-hydrogen) atoms. The summed E-state index contributed by atoms with van der Waals surface area (Å²) in [4.78, 5) is 2.60. The number of nitrogens with one attached hydrogen (secondary N) is 1. The van der Waals surface area contributed by atoms with Crippen molar-refractivity contribution in [2.75, 3.05) is 16.8 Å². The number of alkyl halides is 2. The molecule has 114 valence electrons. The number of nitrogens with zero attached hydrogens (tertiary/aromatic N) is 1. The predicted molar refractivity (Wildman–Crippen MR) is 92.0 cm³/mol. The molecule has 3 rings (SSSR count). The monoisotopic (exact) mass is 336 g/mol. The van der Waals surface area contributed by atoms with Crippen molar-refractivity contribution in [2.24, 2.45) is 0 Å². The van der Waals surface area contributed by atoms with Crippen molar-refractivity contribution in [3.05, 3.63) is 54.1 Å². The van der Waals surface area contributed by atoms with Gasteiger partial charge in [0, 0.05) is 22.8 Å². The van der Waals surface area contributed by atoms with Gasteiger partial charge < -0.3 is 10.2 Å². The number of hydrogen-bond acceptors (Lipinski definition) is 2. The summed E-state index contributed by atoms with van der Waals surface area (Å²) in [7, 11) is 0. The van der Waals surface area contributed by atoms with Gasteiger partial charge in [-0.05, 0) is 54.5 Å². The Morgan fingerprint density at radius 2 is 1.86 bits per heavy atom. The standard InChI is InChI=1S/C16H14F2N2S2/c17-15(18)22-13-7-5-12(6-8-13)19-16(21)20-10-9-11-3-1-2-4-14(11)20/h1-8,15H,9-10H2,(H,19,21). The molecule has 2 nitrogen and oxygen atoms in total. The Morgan fingerprint density at radius 1 is 1.14 bits per heavy atom. The summed E-state index contributed by atoms with van der Waals surface area (Å²) >= 11 is 6.00. The molecule has 0 spiro atoms. The molecule has 0 radical (unpaired) electrons. The van der Waals surface area contributed by atoms with Crippen molar-refractivity contribution >= 4 is 40.5 Å². The highest BCUT2D eigenvalue weighted by molar-refractivity contribution is 7.99. The molecule has 1 heterocycles. The highest BCUT2D eigenvalue weighted by Crippen LogP contribution is 2.29. The molecule has 2 aromatic rings. The van der Waals surface area contributed by atoms with E-state index in [9.17, 15) is 8.78 Å². The van der Waals surface area contributed by atoms with Gasteiger partial charge in [-0.3, -0.25) is 0 Å². The summed E-state index contributed by atoms with van der Waals surface area (Å²) in [6.07, 6.45) is 0.974. The van der Waals surface area contributed by atoms with Gasteiger partial charge in [-0.1, -0.05) is 30.0 Å². The SMILES string of the molecule is FC(F)Sc1ccc(NC(=S)N2CCc3ccccc32)cc1. The number of para-hydroxylation sites is 1. The minimum absolute atomic E-state index is 0.538. The van der Waals surface area contributed by atoms with Gasteiger partial charge in [-0.15, -0.1) is 0 Å². The number of rotatable bonds is 3. The van der Waals surface area contributed by atoms with Crippen LogP contribution in [0.15, 0.2) is 53.4 Å². The molecule has 2 aromatic carbocycles. The van der Waals surface area contributed by atoms with Crippen LogP contribution < -0.4 is 10.2 Å². The van der Waals surface area contributed by atoms with Crippen molar-refractivity contribution < 1.29 is 8.78 Å². The van der Waals surface area contributed by atoms with E-state index in [-0.39, 0.29) is 0 Å². The second-order valence-electron chi connectivity index (χ2n) is 4.86. The zero-order valence-corrected chi connectivity index (χ0v) is 13.3. The van der Waals surface area contributed by atoms with E-state index in [1.807, 2.05) is 12.1 Å². The summed E-state index contributed by atoms with van der Waals surface area (Å²) in [5.41, 5.74) is 3.22. The van der Waals surface area contributed by atoms with E-state index in [0.717, 1.165) is 24.3 Å². The van der Waals surface area contributed by atoms with Crippen LogP contribution in [0.3, 0.4) is 0 Å². The van der Waals surface area contributed by atoms with Gasteiger partial charge >= 0.3 is 0 Å². The summed E-state index contributed by atoms with van der Waals surface area (Å²) in [6, 6.07) is 15.0. The first-order chi connectivity index (χ1) is 10.6. The average Bonchev–Trinajstić information content (AvgIpc) is 2.93. The maximum absolute atomic E-state index is 12.3. The lowest BCUT2D eigenvalue weighted by Crippen LogP contribution is -2.33. The normalized spacial score (nSPS) is 13.3. The van der Waals surface area contributed by atoms with Gasteiger partial charge in [-0.25, -0.2) is 0 Å². The molecule has 6 heteroatoms. The maximum Gasteiger partial charge on any atom is 0.288 e. The van der Waals surface area contributed by atoms with Crippen LogP contribution in [0, 0.1) is 0 Å². The van der Waals surface area contributed by atoms with Crippen molar-refractivity contribution in [1.29, 1.82) is 0 Å². The van der Waals surface area contributed by atoms with Crippen LogP contribution in [-0.4, -0.2) is 17.4 Å². The van der Waals surface area contributed by atoms with Gasteiger partial charge in [0.1, 0.15) is 0 Å². The summed E-state index contributed by atoms with van der Waals surface area (Å²) < 4.78 is 24.6. The number of benzene rings is 2. The molecule has 0 aromatic heterocycles. The van der Waals surface area contributed by atoms with E-state index in [2.05, 4.69) is 22.3 Å². The number of thioether (sulfide) groups is 1. The van der Waals surface area contributed by atoms with Crippen LogP contribution in [0.2, 0.25) is 0 Å². The maximum atomic E-state index is 12.3. The van der Waals surface area contributed by atoms with Crippen LogP contribution >= 0.6 is 24.0 Å². The number of anilines is 2. The molecule has 1 N–H and O–H groups in total. The number of fused-ring (bicyclic) bond motifs is 1. The molecule has 1 aliphatic heterocycles. The van der Waals surface area contributed by atoms with Crippen molar-refractivity contribution in [2.45, 2.75) is 17.1 Å². The molecular weight excluding hydrogens is 322 g/mol. The number of hydrogen-bond donors (Lipinski definition) is 1. The molecule has 1 aliphatic rings. The zero-order chi connectivity index (χ0) is 15.5. The molecule has 0 aliphatic carbocycles. The van der Waals surface area contributed by atoms with Gasteiger partial charge in [0.15, 0.2) is 5.11 Å². The Labute approximate surface area is 137 Å². The first-order valence-electron chi connectivity index (χ1n) is 6.85. The minimum atomic E-state index is -2.40. The summed E-state index contributed by atoms with van der Waals surface area (Å²) in [6.45, 7) is 0.852. The van der Waals surface area contributed by atoms with Gasteiger partial charge in [-0.2, -0.15) is 8.78 Å². The third-order valence-electron chi connectivity index (χ3n) is 3.46. The predicted octanol–water partition coefficient (Wildman–Crippen LogP) is 4.76.